The number of methoxy groups -OCH3 is 2. The number of carbonyl (C=O) groups is 2. The maximum atomic E-state index is 14.1. The number of carbonyl (C=O) groups excluding carboxylic acids is 2. The summed E-state index contributed by atoms with van der Waals surface area (Å²) in [5.74, 6) is 0.631. The minimum atomic E-state index is -1.06. The molecule has 0 bridgehead atoms. The third-order valence-corrected chi connectivity index (χ3v) is 7.96. The molecular weight excluding hydrogens is 549 g/mol. The molecular formula is C27H29Cl2N3O5S. The lowest BCUT2D eigenvalue weighted by molar-refractivity contribution is -0.123. The van der Waals surface area contributed by atoms with Crippen molar-refractivity contribution in [1.82, 2.24) is 9.69 Å². The van der Waals surface area contributed by atoms with Crippen molar-refractivity contribution >= 4 is 52.2 Å². The number of aromatic nitrogens is 1. The van der Waals surface area contributed by atoms with E-state index in [1.165, 1.54) is 19.1 Å². The molecule has 2 amide bonds. The van der Waals surface area contributed by atoms with Gasteiger partial charge in [-0.25, -0.2) is 0 Å². The van der Waals surface area contributed by atoms with Gasteiger partial charge in [0.2, 0.25) is 5.91 Å². The molecule has 0 aliphatic heterocycles. The largest absolute Gasteiger partial charge is 0.497 e. The molecule has 1 saturated carbocycles. The van der Waals surface area contributed by atoms with Crippen LogP contribution >= 0.6 is 34.7 Å². The van der Waals surface area contributed by atoms with Gasteiger partial charge < -0.3 is 19.5 Å². The van der Waals surface area contributed by atoms with E-state index in [-0.39, 0.29) is 27.0 Å². The van der Waals surface area contributed by atoms with E-state index in [0.717, 1.165) is 37.2 Å². The summed E-state index contributed by atoms with van der Waals surface area (Å²) >= 11 is 13.4. The Labute approximate surface area is 236 Å². The molecule has 1 fully saturated rings. The summed E-state index contributed by atoms with van der Waals surface area (Å²) in [6, 6.07) is 11.1. The average Bonchev–Trinajstić information content (AvgIpc) is 3.56. The summed E-state index contributed by atoms with van der Waals surface area (Å²) in [5, 5.41) is 3.18. The van der Waals surface area contributed by atoms with E-state index in [1.807, 2.05) is 6.92 Å². The zero-order valence-electron chi connectivity index (χ0n) is 21.3. The summed E-state index contributed by atoms with van der Waals surface area (Å²) < 4.78 is 20.9. The van der Waals surface area contributed by atoms with Crippen LogP contribution in [0.4, 0.5) is 5.69 Å². The molecule has 11 heteroatoms. The minimum Gasteiger partial charge on any atom is -0.497 e. The molecule has 38 heavy (non-hydrogen) atoms. The summed E-state index contributed by atoms with van der Waals surface area (Å²) in [6.07, 6.45) is 3.86. The first-order chi connectivity index (χ1) is 18.4. The number of amides is 2. The highest BCUT2D eigenvalue weighted by Crippen LogP contribution is 2.38. The Kier molecular flexibility index (Phi) is 9.35. The lowest BCUT2D eigenvalue weighted by Gasteiger charge is -2.32. The van der Waals surface area contributed by atoms with Crippen LogP contribution < -0.4 is 24.4 Å². The van der Waals surface area contributed by atoms with Crippen LogP contribution in [0.1, 0.15) is 54.7 Å². The third-order valence-electron chi connectivity index (χ3n) is 6.35. The van der Waals surface area contributed by atoms with Crippen molar-refractivity contribution in [3.8, 4) is 17.2 Å². The number of halogens is 2. The number of hydrogen-bond donors (Lipinski definition) is 1. The van der Waals surface area contributed by atoms with Crippen molar-refractivity contribution in [2.45, 2.75) is 44.7 Å². The zero-order valence-corrected chi connectivity index (χ0v) is 23.7. The second-order valence-corrected chi connectivity index (χ2v) is 10.5. The maximum Gasteiger partial charge on any atom is 0.280 e. The van der Waals surface area contributed by atoms with Gasteiger partial charge in [-0.1, -0.05) is 48.2 Å². The highest BCUT2D eigenvalue weighted by molar-refractivity contribution is 7.11. The molecule has 1 atom stereocenters. The number of ether oxygens (including phenoxy) is 3. The van der Waals surface area contributed by atoms with E-state index in [0.29, 0.717) is 35.1 Å². The molecule has 1 aromatic heterocycles. The number of anilines is 1. The fourth-order valence-corrected chi connectivity index (χ4v) is 5.49. The van der Waals surface area contributed by atoms with Crippen molar-refractivity contribution < 1.29 is 23.8 Å². The first kappa shape index (κ1) is 28.0. The molecule has 1 heterocycles. The number of hydrogen-bond acceptors (Lipinski definition) is 7. The second kappa shape index (κ2) is 12.7. The van der Waals surface area contributed by atoms with Crippen LogP contribution in [0.15, 0.2) is 42.5 Å². The zero-order chi connectivity index (χ0) is 27.2. The number of benzene rings is 2. The van der Waals surface area contributed by atoms with Gasteiger partial charge >= 0.3 is 0 Å². The lowest BCUT2D eigenvalue weighted by atomic mass is 10.0. The quantitative estimate of drug-likeness (QED) is 0.303. The van der Waals surface area contributed by atoms with E-state index < -0.39 is 11.9 Å². The summed E-state index contributed by atoms with van der Waals surface area (Å²) in [6.45, 7) is 2.40. The second-order valence-electron chi connectivity index (χ2n) is 8.76. The summed E-state index contributed by atoms with van der Waals surface area (Å²) in [7, 11) is 3.02. The number of rotatable bonds is 10. The monoisotopic (exact) mass is 577 g/mol. The molecule has 3 aromatic rings. The number of nitrogens with one attached hydrogen (secondary N) is 1. The van der Waals surface area contributed by atoms with Gasteiger partial charge in [-0.05, 0) is 49.0 Å². The van der Waals surface area contributed by atoms with Gasteiger partial charge in [0.25, 0.3) is 5.91 Å². The van der Waals surface area contributed by atoms with Crippen molar-refractivity contribution in [3.05, 3.63) is 63.1 Å². The van der Waals surface area contributed by atoms with Crippen molar-refractivity contribution in [2.24, 2.45) is 0 Å². The Bertz CT molecular complexity index is 1260. The summed E-state index contributed by atoms with van der Waals surface area (Å²) in [4.78, 5) is 29.5. The van der Waals surface area contributed by atoms with Crippen molar-refractivity contribution in [3.63, 3.8) is 0 Å². The normalized spacial score (nSPS) is 14.1. The molecule has 4 rings (SSSR count). The minimum absolute atomic E-state index is 0.0294. The van der Waals surface area contributed by atoms with Crippen LogP contribution in [0.5, 0.6) is 17.2 Å². The van der Waals surface area contributed by atoms with E-state index in [4.69, 9.17) is 37.4 Å². The predicted molar refractivity (Wildman–Crippen MR) is 149 cm³/mol. The predicted octanol–water partition coefficient (Wildman–Crippen LogP) is 6.31. The molecule has 0 spiro atoms. The van der Waals surface area contributed by atoms with Crippen LogP contribution in [0.2, 0.25) is 9.36 Å². The van der Waals surface area contributed by atoms with Crippen molar-refractivity contribution in [2.75, 3.05) is 25.7 Å². The Morgan fingerprint density at radius 2 is 1.68 bits per heavy atom. The molecule has 0 saturated heterocycles. The highest BCUT2D eigenvalue weighted by Gasteiger charge is 2.37. The van der Waals surface area contributed by atoms with E-state index in [1.54, 1.807) is 42.5 Å². The van der Waals surface area contributed by atoms with Gasteiger partial charge in [-0.3, -0.25) is 14.5 Å². The Morgan fingerprint density at radius 1 is 1.05 bits per heavy atom. The fraction of sp³-hybridized carbons (Fsp3) is 0.370. The molecule has 0 radical (unpaired) electrons. The van der Waals surface area contributed by atoms with Crippen LogP contribution in [0.3, 0.4) is 0 Å². The smallest absolute Gasteiger partial charge is 0.280 e. The van der Waals surface area contributed by atoms with Crippen LogP contribution in [0.25, 0.3) is 0 Å². The molecule has 202 valence electrons. The molecule has 8 nitrogen and oxygen atoms in total. The van der Waals surface area contributed by atoms with Gasteiger partial charge in [-0.15, -0.1) is 0 Å². The van der Waals surface area contributed by atoms with E-state index in [2.05, 4.69) is 9.69 Å². The van der Waals surface area contributed by atoms with Gasteiger partial charge in [0, 0.05) is 24.2 Å². The van der Waals surface area contributed by atoms with Gasteiger partial charge in [0.05, 0.1) is 26.5 Å². The summed E-state index contributed by atoms with van der Waals surface area (Å²) in [5.41, 5.74) is 0.899. The topological polar surface area (TPSA) is 90.0 Å². The van der Waals surface area contributed by atoms with E-state index >= 15 is 0 Å². The van der Waals surface area contributed by atoms with Crippen LogP contribution in [0, 0.1) is 0 Å². The Morgan fingerprint density at radius 3 is 2.21 bits per heavy atom. The van der Waals surface area contributed by atoms with Crippen LogP contribution in [-0.4, -0.2) is 43.1 Å². The fourth-order valence-electron chi connectivity index (χ4n) is 4.50. The SMILES string of the molecule is CCOc1ccc(C(C(=O)NC2CCCC2)N(C(=O)c2nsc(Cl)c2Cl)c2cc(OC)cc(OC)c2)cc1. The van der Waals surface area contributed by atoms with Crippen LogP contribution in [-0.2, 0) is 4.79 Å². The molecule has 1 aliphatic rings. The number of nitrogens with zero attached hydrogens (tertiary/aromatic N) is 2. The lowest BCUT2D eigenvalue weighted by Crippen LogP contribution is -2.46. The maximum absolute atomic E-state index is 14.1. The first-order valence-electron chi connectivity index (χ1n) is 12.3. The highest BCUT2D eigenvalue weighted by atomic mass is 35.5. The Hall–Kier alpha value is -3.01. The molecule has 1 unspecified atom stereocenters. The molecule has 2 aromatic carbocycles. The van der Waals surface area contributed by atoms with Gasteiger partial charge in [0.1, 0.15) is 32.6 Å². The van der Waals surface area contributed by atoms with Crippen molar-refractivity contribution in [1.29, 1.82) is 0 Å². The van der Waals surface area contributed by atoms with Gasteiger partial charge in [0.15, 0.2) is 5.69 Å². The standard InChI is InChI=1S/C27H29Cl2N3O5S/c1-4-37-19-11-9-16(10-12-19)24(26(33)30-17-7-5-6-8-17)32(27(34)23-22(28)25(29)38-31-23)18-13-20(35-2)15-21(14-18)36-3/h9-15,17,24H,4-8H2,1-3H3,(H,30,33). The molecule has 1 N–H and O–H groups in total. The average molecular weight is 579 g/mol. The first-order valence-corrected chi connectivity index (χ1v) is 13.8. The molecule has 1 aliphatic carbocycles. The van der Waals surface area contributed by atoms with Gasteiger partial charge in [-0.2, -0.15) is 4.37 Å². The third kappa shape index (κ3) is 6.17. The van der Waals surface area contributed by atoms with E-state index in [9.17, 15) is 9.59 Å². The Balaban J connectivity index is 1.88.